The smallest absolute Gasteiger partial charge is 0.136 e. The van der Waals surface area contributed by atoms with Gasteiger partial charge in [-0.15, -0.1) is 0 Å². The van der Waals surface area contributed by atoms with Crippen molar-refractivity contribution in [3.8, 4) is 33.4 Å². The molecular formula is C38H24O. The van der Waals surface area contributed by atoms with E-state index >= 15 is 0 Å². The monoisotopic (exact) mass is 520 g/mol. The van der Waals surface area contributed by atoms with E-state index in [1.807, 2.05) is 0 Å². The second-order valence-electron chi connectivity index (χ2n) is 8.26. The summed E-state index contributed by atoms with van der Waals surface area (Å²) in [4.78, 5) is 0. The lowest BCUT2D eigenvalue weighted by molar-refractivity contribution is 0.669. The zero-order valence-electron chi connectivity index (χ0n) is 43.4. The Balaban J connectivity index is 1.82. The first kappa shape index (κ1) is 8.69. The summed E-state index contributed by atoms with van der Waals surface area (Å²) in [5.41, 5.74) is -5.57. The van der Waals surface area contributed by atoms with E-state index < -0.39 is 222 Å². The molecule has 7 aromatic carbocycles. The fraction of sp³-hybridized carbons (Fsp3) is 0. The van der Waals surface area contributed by atoms with Crippen LogP contribution >= 0.6 is 0 Å². The van der Waals surface area contributed by atoms with Gasteiger partial charge in [-0.25, -0.2) is 0 Å². The van der Waals surface area contributed by atoms with Gasteiger partial charge in [-0.1, -0.05) is 133 Å². The van der Waals surface area contributed by atoms with Gasteiger partial charge in [-0.2, -0.15) is 0 Å². The van der Waals surface area contributed by atoms with E-state index in [2.05, 4.69) is 0 Å². The maximum absolute atomic E-state index is 9.39. The highest BCUT2D eigenvalue weighted by Crippen LogP contribution is 2.48. The first-order valence-electron chi connectivity index (χ1n) is 23.4. The van der Waals surface area contributed by atoms with Gasteiger partial charge in [0.1, 0.15) is 11.2 Å². The van der Waals surface area contributed by atoms with Crippen LogP contribution in [-0.2, 0) is 0 Å². The zero-order valence-corrected chi connectivity index (χ0v) is 19.4. The molecule has 1 heteroatoms. The summed E-state index contributed by atoms with van der Waals surface area (Å²) in [6, 6.07) is -22.1. The Labute approximate surface area is 260 Å². The molecule has 0 aliphatic rings. The third-order valence-electron chi connectivity index (χ3n) is 6.26. The predicted octanol–water partition coefficient (Wildman–Crippen LogP) is 10.9. The fourth-order valence-corrected chi connectivity index (χ4v) is 4.73. The highest BCUT2D eigenvalue weighted by atomic mass is 16.3. The van der Waals surface area contributed by atoms with Gasteiger partial charge in [-0.3, -0.25) is 0 Å². The number of rotatable bonds is 3. The molecular weight excluding hydrogens is 472 g/mol. The average Bonchev–Trinajstić information content (AvgIpc) is 3.66. The minimum absolute atomic E-state index is 0.458. The first-order chi connectivity index (χ1) is 29.3. The third kappa shape index (κ3) is 3.34. The van der Waals surface area contributed by atoms with Crippen molar-refractivity contribution in [1.82, 2.24) is 0 Å². The standard InChI is InChI=1S/C38H24O/c1-2-13-25(14-3-1)26-15-4-5-16-27(26)36-28-17-6-8-19-30(28)37(31-20-9-7-18-29(31)36)33-22-12-24-35-38(33)32-21-10-11-23-34(32)39-35/h1-24H/i1D,2D,3D,4D,5D,6D,7D,8D,9D,10D,11D,12D,13D,14D,15D,16D,17D,18D,19D,20D,21D,22D,23D,24D. The Morgan fingerprint density at radius 3 is 1.49 bits per heavy atom. The van der Waals surface area contributed by atoms with Crippen molar-refractivity contribution >= 4 is 43.5 Å². The average molecular weight is 521 g/mol. The quantitative estimate of drug-likeness (QED) is 0.211. The second-order valence-corrected chi connectivity index (χ2v) is 8.26. The summed E-state index contributed by atoms with van der Waals surface area (Å²) < 4.78 is 218. The molecule has 0 saturated carbocycles. The van der Waals surface area contributed by atoms with Crippen LogP contribution in [0.25, 0.3) is 76.9 Å². The number of para-hydroxylation sites is 1. The lowest BCUT2D eigenvalue weighted by Crippen LogP contribution is -1.93. The van der Waals surface area contributed by atoms with Gasteiger partial charge in [0.05, 0.1) is 32.9 Å². The molecule has 0 fully saturated rings. The Bertz CT molecular complexity index is 3390. The lowest BCUT2D eigenvalue weighted by Gasteiger charge is -2.20. The molecule has 0 radical (unpaired) electrons. The van der Waals surface area contributed by atoms with Crippen molar-refractivity contribution in [2.45, 2.75) is 0 Å². The van der Waals surface area contributed by atoms with Crippen molar-refractivity contribution < 1.29 is 37.3 Å². The Morgan fingerprint density at radius 2 is 0.821 bits per heavy atom. The summed E-state index contributed by atoms with van der Waals surface area (Å²) in [6.45, 7) is 0. The first-order valence-corrected chi connectivity index (χ1v) is 11.4. The molecule has 0 saturated heterocycles. The molecule has 0 N–H and O–H groups in total. The zero-order chi connectivity index (χ0) is 46.6. The fourth-order valence-electron chi connectivity index (χ4n) is 4.73. The molecule has 1 aromatic heterocycles. The minimum Gasteiger partial charge on any atom is -0.456 e. The molecule has 0 amide bonds. The van der Waals surface area contributed by atoms with Gasteiger partial charge < -0.3 is 4.42 Å². The Kier molecular flexibility index (Phi) is 1.94. The molecule has 1 nitrogen and oxygen atoms in total. The minimum atomic E-state index is -1.03. The summed E-state index contributed by atoms with van der Waals surface area (Å²) >= 11 is 0. The van der Waals surface area contributed by atoms with Crippen LogP contribution in [0.1, 0.15) is 32.9 Å². The van der Waals surface area contributed by atoms with Crippen LogP contribution in [0.3, 0.4) is 0 Å². The molecule has 0 spiro atoms. The van der Waals surface area contributed by atoms with Crippen LogP contribution in [-0.4, -0.2) is 0 Å². The number of fused-ring (bicyclic) bond motifs is 5. The van der Waals surface area contributed by atoms with Crippen molar-refractivity contribution in [3.63, 3.8) is 0 Å². The number of hydrogen-bond donors (Lipinski definition) is 0. The Hall–Kier alpha value is -5.14. The lowest BCUT2D eigenvalue weighted by atomic mass is 9.83. The van der Waals surface area contributed by atoms with E-state index in [9.17, 15) is 8.22 Å². The van der Waals surface area contributed by atoms with Gasteiger partial charge in [0, 0.05) is 10.8 Å². The molecule has 0 aliphatic heterocycles. The van der Waals surface area contributed by atoms with Crippen molar-refractivity contribution in [3.05, 3.63) is 145 Å². The highest BCUT2D eigenvalue weighted by Gasteiger charge is 2.21. The van der Waals surface area contributed by atoms with Crippen LogP contribution < -0.4 is 0 Å². The molecule has 0 atom stereocenters. The Morgan fingerprint density at radius 1 is 0.359 bits per heavy atom. The highest BCUT2D eigenvalue weighted by molar-refractivity contribution is 6.26. The molecule has 39 heavy (non-hydrogen) atoms. The summed E-state index contributed by atoms with van der Waals surface area (Å²) in [5, 5.41) is -3.78. The van der Waals surface area contributed by atoms with Gasteiger partial charge in [-0.05, 0) is 67.0 Å². The van der Waals surface area contributed by atoms with Crippen LogP contribution in [0.15, 0.2) is 149 Å². The van der Waals surface area contributed by atoms with Crippen LogP contribution in [0.4, 0.5) is 0 Å². The molecule has 1 heterocycles. The molecule has 0 bridgehead atoms. The van der Waals surface area contributed by atoms with Crippen LogP contribution in [0, 0.1) is 0 Å². The van der Waals surface area contributed by atoms with Crippen molar-refractivity contribution in [2.24, 2.45) is 0 Å². The second kappa shape index (κ2) is 8.72. The SMILES string of the molecule is [2H]c1c([2H])c([2H])c(-c2c([2H])c([2H])c([2H])c([2H])c2-c2c3c([2H])c([2H])c([2H])c([2H])c3c(-c3c([2H])c([2H])c([2H])c4oc5c([2H])c([2H])c([2H])c([2H])c5c34)c3c([2H])c([2H])c([2H])c([2H])c23)c([2H])c1[2H]. The summed E-state index contributed by atoms with van der Waals surface area (Å²) in [7, 11) is 0. The van der Waals surface area contributed by atoms with E-state index in [0.717, 1.165) is 0 Å². The van der Waals surface area contributed by atoms with E-state index in [0.29, 0.717) is 0 Å². The van der Waals surface area contributed by atoms with Gasteiger partial charge >= 0.3 is 0 Å². The predicted molar refractivity (Wildman–Crippen MR) is 165 cm³/mol. The number of hydrogen-bond acceptors (Lipinski definition) is 1. The van der Waals surface area contributed by atoms with E-state index in [1.54, 1.807) is 0 Å². The molecule has 0 aliphatic carbocycles. The molecule has 8 rings (SSSR count). The van der Waals surface area contributed by atoms with Gasteiger partial charge in [0.25, 0.3) is 0 Å². The maximum atomic E-state index is 9.39. The van der Waals surface area contributed by atoms with E-state index in [-0.39, 0.29) is 0 Å². The van der Waals surface area contributed by atoms with E-state index in [1.165, 1.54) is 0 Å². The molecule has 8 aromatic rings. The molecule has 0 unspecified atom stereocenters. The van der Waals surface area contributed by atoms with Crippen molar-refractivity contribution in [2.75, 3.05) is 0 Å². The number of benzene rings is 7. The number of furan rings is 1. The normalized spacial score (nSPS) is 20.2. The van der Waals surface area contributed by atoms with Crippen LogP contribution in [0.5, 0.6) is 0 Å². The summed E-state index contributed by atoms with van der Waals surface area (Å²) in [5.74, 6) is 0. The topological polar surface area (TPSA) is 13.1 Å². The van der Waals surface area contributed by atoms with Crippen molar-refractivity contribution in [1.29, 1.82) is 0 Å². The van der Waals surface area contributed by atoms with Gasteiger partial charge in [0.15, 0.2) is 0 Å². The van der Waals surface area contributed by atoms with Crippen LogP contribution in [0.2, 0.25) is 0 Å². The van der Waals surface area contributed by atoms with E-state index in [4.69, 9.17) is 29.1 Å². The third-order valence-corrected chi connectivity index (χ3v) is 6.26. The maximum Gasteiger partial charge on any atom is 0.136 e. The molecule has 182 valence electrons. The van der Waals surface area contributed by atoms with Gasteiger partial charge in [0.2, 0.25) is 0 Å². The largest absolute Gasteiger partial charge is 0.456 e. The summed E-state index contributed by atoms with van der Waals surface area (Å²) in [6.07, 6.45) is 0.